The van der Waals surface area contributed by atoms with Crippen LogP contribution >= 0.6 is 11.3 Å². The fourth-order valence-electron chi connectivity index (χ4n) is 1.43. The first-order chi connectivity index (χ1) is 8.58. The Morgan fingerprint density at radius 2 is 2.00 bits per heavy atom. The van der Waals surface area contributed by atoms with Gasteiger partial charge in [0, 0.05) is 18.3 Å². The summed E-state index contributed by atoms with van der Waals surface area (Å²) in [6.07, 6.45) is 0.528. The summed E-state index contributed by atoms with van der Waals surface area (Å²) in [7, 11) is -3.43. The molecule has 0 radical (unpaired) electrons. The molecule has 3 N–H and O–H groups in total. The standard InChI is InChI=1S/C11H13N3O2S2/c12-11-14-9(8-17-11)6-7-13-18(15,16)10-4-2-1-3-5-10/h1-5,8,13H,6-7H2,(H2,12,14). The molecule has 7 heteroatoms. The van der Waals surface area contributed by atoms with Crippen LogP contribution in [0.2, 0.25) is 0 Å². The van der Waals surface area contributed by atoms with Crippen molar-refractivity contribution in [2.45, 2.75) is 11.3 Å². The lowest BCUT2D eigenvalue weighted by Gasteiger charge is -2.05. The van der Waals surface area contributed by atoms with E-state index < -0.39 is 10.0 Å². The van der Waals surface area contributed by atoms with E-state index in [1.165, 1.54) is 11.3 Å². The Balaban J connectivity index is 1.94. The van der Waals surface area contributed by atoms with E-state index in [1.807, 2.05) is 5.38 Å². The highest BCUT2D eigenvalue weighted by atomic mass is 32.2. The van der Waals surface area contributed by atoms with Gasteiger partial charge in [0.2, 0.25) is 10.0 Å². The van der Waals surface area contributed by atoms with Crippen molar-refractivity contribution in [2.75, 3.05) is 12.3 Å². The number of rotatable bonds is 5. The number of aromatic nitrogens is 1. The molecule has 0 amide bonds. The van der Waals surface area contributed by atoms with Crippen molar-refractivity contribution in [3.8, 4) is 0 Å². The molecule has 0 bridgehead atoms. The van der Waals surface area contributed by atoms with Crippen molar-refractivity contribution in [3.05, 3.63) is 41.4 Å². The molecular formula is C11H13N3O2S2. The lowest BCUT2D eigenvalue weighted by Crippen LogP contribution is -2.26. The van der Waals surface area contributed by atoms with Crippen LogP contribution in [0.4, 0.5) is 5.13 Å². The van der Waals surface area contributed by atoms with Gasteiger partial charge in [-0.25, -0.2) is 18.1 Å². The first-order valence-electron chi connectivity index (χ1n) is 5.32. The molecule has 96 valence electrons. The van der Waals surface area contributed by atoms with Crippen LogP contribution in [0.25, 0.3) is 0 Å². The van der Waals surface area contributed by atoms with Crippen LogP contribution in [-0.4, -0.2) is 19.9 Å². The normalized spacial score (nSPS) is 11.6. The Kier molecular flexibility index (Phi) is 3.95. The van der Waals surface area contributed by atoms with Gasteiger partial charge >= 0.3 is 0 Å². The predicted molar refractivity (Wildman–Crippen MR) is 71.9 cm³/mol. The maximum atomic E-state index is 11.9. The number of nitrogen functional groups attached to an aromatic ring is 1. The van der Waals surface area contributed by atoms with Gasteiger partial charge in [-0.3, -0.25) is 0 Å². The summed E-state index contributed by atoms with van der Waals surface area (Å²) in [4.78, 5) is 4.33. The molecule has 0 saturated carbocycles. The lowest BCUT2D eigenvalue weighted by molar-refractivity contribution is 0.581. The van der Waals surface area contributed by atoms with Gasteiger partial charge in [-0.05, 0) is 12.1 Å². The Labute approximate surface area is 110 Å². The molecule has 0 aliphatic rings. The van der Waals surface area contributed by atoms with Crippen molar-refractivity contribution in [1.82, 2.24) is 9.71 Å². The highest BCUT2D eigenvalue weighted by Crippen LogP contribution is 2.11. The Hall–Kier alpha value is -1.44. The highest BCUT2D eigenvalue weighted by Gasteiger charge is 2.12. The molecular weight excluding hydrogens is 270 g/mol. The number of nitrogens with one attached hydrogen (secondary N) is 1. The van der Waals surface area contributed by atoms with E-state index >= 15 is 0 Å². The maximum absolute atomic E-state index is 11.9. The van der Waals surface area contributed by atoms with E-state index in [2.05, 4.69) is 9.71 Å². The smallest absolute Gasteiger partial charge is 0.240 e. The summed E-state index contributed by atoms with van der Waals surface area (Å²) < 4.78 is 26.3. The molecule has 0 aliphatic heterocycles. The number of thiazole rings is 1. The molecule has 1 heterocycles. The second-order valence-electron chi connectivity index (χ2n) is 3.64. The maximum Gasteiger partial charge on any atom is 0.240 e. The molecule has 1 aromatic carbocycles. The molecule has 0 saturated heterocycles. The number of sulfonamides is 1. The van der Waals surface area contributed by atoms with Crippen LogP contribution in [-0.2, 0) is 16.4 Å². The summed E-state index contributed by atoms with van der Waals surface area (Å²) in [6, 6.07) is 8.27. The van der Waals surface area contributed by atoms with Gasteiger partial charge in [0.15, 0.2) is 5.13 Å². The van der Waals surface area contributed by atoms with Gasteiger partial charge in [-0.2, -0.15) is 0 Å². The van der Waals surface area contributed by atoms with Gasteiger partial charge in [-0.15, -0.1) is 11.3 Å². The first-order valence-corrected chi connectivity index (χ1v) is 7.69. The average molecular weight is 283 g/mol. The summed E-state index contributed by atoms with van der Waals surface area (Å²) in [6.45, 7) is 0.306. The molecule has 2 rings (SSSR count). The second-order valence-corrected chi connectivity index (χ2v) is 6.29. The molecule has 0 aliphatic carbocycles. The number of benzene rings is 1. The van der Waals surface area contributed by atoms with Crippen LogP contribution in [0, 0.1) is 0 Å². The van der Waals surface area contributed by atoms with Gasteiger partial charge in [-0.1, -0.05) is 18.2 Å². The summed E-state index contributed by atoms with van der Waals surface area (Å²) in [5.41, 5.74) is 6.30. The van der Waals surface area contributed by atoms with Gasteiger partial charge in [0.05, 0.1) is 10.6 Å². The van der Waals surface area contributed by atoms with E-state index in [0.29, 0.717) is 18.1 Å². The van der Waals surface area contributed by atoms with Crippen molar-refractivity contribution in [2.24, 2.45) is 0 Å². The van der Waals surface area contributed by atoms with E-state index in [-0.39, 0.29) is 4.90 Å². The van der Waals surface area contributed by atoms with E-state index in [0.717, 1.165) is 5.69 Å². The molecule has 1 aromatic heterocycles. The zero-order valence-electron chi connectivity index (χ0n) is 9.54. The zero-order valence-corrected chi connectivity index (χ0v) is 11.2. The first kappa shape index (κ1) is 13.0. The largest absolute Gasteiger partial charge is 0.375 e. The minimum atomic E-state index is -3.43. The van der Waals surface area contributed by atoms with Gasteiger partial charge < -0.3 is 5.73 Å². The monoisotopic (exact) mass is 283 g/mol. The minimum Gasteiger partial charge on any atom is -0.375 e. The van der Waals surface area contributed by atoms with E-state index in [1.54, 1.807) is 30.3 Å². The molecule has 0 unspecified atom stereocenters. The summed E-state index contributed by atoms with van der Waals surface area (Å²) in [5, 5.41) is 2.32. The van der Waals surface area contributed by atoms with Crippen molar-refractivity contribution in [3.63, 3.8) is 0 Å². The molecule has 5 nitrogen and oxygen atoms in total. The molecule has 0 spiro atoms. The van der Waals surface area contributed by atoms with Crippen LogP contribution in [0.5, 0.6) is 0 Å². The van der Waals surface area contributed by atoms with Crippen molar-refractivity contribution < 1.29 is 8.42 Å². The second kappa shape index (κ2) is 5.47. The molecule has 0 fully saturated rings. The van der Waals surface area contributed by atoms with Crippen LogP contribution < -0.4 is 10.5 Å². The number of hydrogen-bond acceptors (Lipinski definition) is 5. The van der Waals surface area contributed by atoms with Crippen LogP contribution in [0.15, 0.2) is 40.6 Å². The minimum absolute atomic E-state index is 0.266. The van der Waals surface area contributed by atoms with Gasteiger partial charge in [0.1, 0.15) is 0 Å². The topological polar surface area (TPSA) is 85.1 Å². The SMILES string of the molecule is Nc1nc(CCNS(=O)(=O)c2ccccc2)cs1. The lowest BCUT2D eigenvalue weighted by atomic mass is 10.3. The van der Waals surface area contributed by atoms with E-state index in [9.17, 15) is 8.42 Å². The Morgan fingerprint density at radius 1 is 1.28 bits per heavy atom. The molecule has 18 heavy (non-hydrogen) atoms. The van der Waals surface area contributed by atoms with Crippen molar-refractivity contribution in [1.29, 1.82) is 0 Å². The van der Waals surface area contributed by atoms with Crippen molar-refractivity contribution >= 4 is 26.5 Å². The highest BCUT2D eigenvalue weighted by molar-refractivity contribution is 7.89. The third-order valence-corrected chi connectivity index (χ3v) is 4.50. The van der Waals surface area contributed by atoms with Crippen LogP contribution in [0.1, 0.15) is 5.69 Å². The fraction of sp³-hybridized carbons (Fsp3) is 0.182. The third kappa shape index (κ3) is 3.28. The quantitative estimate of drug-likeness (QED) is 0.864. The number of hydrogen-bond donors (Lipinski definition) is 2. The Morgan fingerprint density at radius 3 is 2.61 bits per heavy atom. The number of anilines is 1. The van der Waals surface area contributed by atoms with Gasteiger partial charge in [0.25, 0.3) is 0 Å². The Bertz CT molecular complexity index is 608. The molecule has 0 atom stereocenters. The third-order valence-electron chi connectivity index (χ3n) is 2.30. The average Bonchev–Trinajstić information content (AvgIpc) is 2.76. The number of nitrogens with two attached hydrogens (primary N) is 1. The van der Waals surface area contributed by atoms with Crippen LogP contribution in [0.3, 0.4) is 0 Å². The summed E-state index contributed by atoms with van der Waals surface area (Å²) >= 11 is 1.35. The zero-order chi connectivity index (χ0) is 13.0. The number of nitrogens with zero attached hydrogens (tertiary/aromatic N) is 1. The predicted octanol–water partition coefficient (Wildman–Crippen LogP) is 1.25. The van der Waals surface area contributed by atoms with E-state index in [4.69, 9.17) is 5.73 Å². The summed E-state index contributed by atoms with van der Waals surface area (Å²) in [5.74, 6) is 0. The molecule has 2 aromatic rings. The fourth-order valence-corrected chi connectivity index (χ4v) is 3.08.